The van der Waals surface area contributed by atoms with Crippen LogP contribution in [0.25, 0.3) is 11.3 Å². The molecule has 35 heavy (non-hydrogen) atoms. The van der Waals surface area contributed by atoms with Gasteiger partial charge in [-0.15, -0.1) is 11.3 Å². The number of aromatic nitrogens is 1. The molecule has 1 aromatic heterocycles. The van der Waals surface area contributed by atoms with Crippen molar-refractivity contribution < 1.29 is 22.7 Å². The maximum Gasteiger partial charge on any atom is 0.261 e. The zero-order chi connectivity index (χ0) is 25.0. The van der Waals surface area contributed by atoms with Gasteiger partial charge in [-0.2, -0.15) is 0 Å². The fourth-order valence-electron chi connectivity index (χ4n) is 3.28. The quantitative estimate of drug-likeness (QED) is 0.339. The molecule has 4 aromatic rings. The lowest BCUT2D eigenvalue weighted by Crippen LogP contribution is -2.15. The first-order valence-electron chi connectivity index (χ1n) is 10.5. The molecule has 10 heteroatoms. The standard InChI is InChI=1S/C25H23N3O5S2/c1-16-7-10-20(11-8-16)35(30,31)28-19-6-4-5-18(13-19)24(29)27-25-26-21(15-34-25)17-9-12-22(32-2)23(14-17)33-3/h4-15,28H,1-3H3,(H,26,27,29). The number of amides is 1. The molecule has 0 atom stereocenters. The predicted octanol–water partition coefficient (Wildman–Crippen LogP) is 5.19. The summed E-state index contributed by atoms with van der Waals surface area (Å²) >= 11 is 1.28. The van der Waals surface area contributed by atoms with E-state index in [9.17, 15) is 13.2 Å². The summed E-state index contributed by atoms with van der Waals surface area (Å²) in [6.45, 7) is 1.88. The third-order valence-corrected chi connectivity index (χ3v) is 7.27. The number of hydrogen-bond acceptors (Lipinski definition) is 7. The number of sulfonamides is 1. The zero-order valence-corrected chi connectivity index (χ0v) is 20.9. The molecule has 0 spiro atoms. The molecule has 0 bridgehead atoms. The summed E-state index contributed by atoms with van der Waals surface area (Å²) in [5.74, 6) is 0.779. The van der Waals surface area contributed by atoms with Crippen LogP contribution in [0.2, 0.25) is 0 Å². The number of benzene rings is 3. The van der Waals surface area contributed by atoms with E-state index in [0.29, 0.717) is 22.3 Å². The van der Waals surface area contributed by atoms with Crippen LogP contribution in [0.5, 0.6) is 11.5 Å². The molecule has 180 valence electrons. The Labute approximate surface area is 207 Å². The topological polar surface area (TPSA) is 107 Å². The van der Waals surface area contributed by atoms with Gasteiger partial charge in [-0.3, -0.25) is 14.8 Å². The van der Waals surface area contributed by atoms with Crippen molar-refractivity contribution in [2.45, 2.75) is 11.8 Å². The second-order valence-electron chi connectivity index (χ2n) is 7.56. The Morgan fingerprint density at radius 1 is 0.943 bits per heavy atom. The van der Waals surface area contributed by atoms with Crippen LogP contribution in [0, 0.1) is 6.92 Å². The molecule has 0 aliphatic heterocycles. The van der Waals surface area contributed by atoms with Gasteiger partial charge in [0.25, 0.3) is 15.9 Å². The minimum atomic E-state index is -3.78. The van der Waals surface area contributed by atoms with Crippen LogP contribution >= 0.6 is 11.3 Å². The molecule has 3 aromatic carbocycles. The maximum absolute atomic E-state index is 12.8. The van der Waals surface area contributed by atoms with E-state index in [1.165, 1.54) is 29.5 Å². The highest BCUT2D eigenvalue weighted by molar-refractivity contribution is 7.92. The third-order valence-electron chi connectivity index (χ3n) is 5.11. The minimum Gasteiger partial charge on any atom is -0.493 e. The predicted molar refractivity (Wildman–Crippen MR) is 137 cm³/mol. The van der Waals surface area contributed by atoms with Gasteiger partial charge in [0.05, 0.1) is 24.8 Å². The van der Waals surface area contributed by atoms with Crippen molar-refractivity contribution >= 4 is 38.1 Å². The summed E-state index contributed by atoms with van der Waals surface area (Å²) in [7, 11) is -0.656. The second kappa shape index (κ2) is 10.2. The Morgan fingerprint density at radius 2 is 1.69 bits per heavy atom. The monoisotopic (exact) mass is 509 g/mol. The van der Waals surface area contributed by atoms with Crippen LogP contribution in [0.4, 0.5) is 10.8 Å². The third kappa shape index (κ3) is 5.61. The van der Waals surface area contributed by atoms with Gasteiger partial charge >= 0.3 is 0 Å². The van der Waals surface area contributed by atoms with E-state index >= 15 is 0 Å². The van der Waals surface area contributed by atoms with Crippen molar-refractivity contribution in [1.82, 2.24) is 4.98 Å². The zero-order valence-electron chi connectivity index (χ0n) is 19.2. The summed E-state index contributed by atoms with van der Waals surface area (Å²) in [5.41, 5.74) is 3.01. The average molecular weight is 510 g/mol. The molecule has 4 rings (SSSR count). The van der Waals surface area contributed by atoms with Crippen molar-refractivity contribution in [1.29, 1.82) is 0 Å². The van der Waals surface area contributed by atoms with Crippen LogP contribution in [-0.2, 0) is 10.0 Å². The van der Waals surface area contributed by atoms with Crippen LogP contribution in [0.1, 0.15) is 15.9 Å². The van der Waals surface area contributed by atoms with Gasteiger partial charge < -0.3 is 9.47 Å². The lowest BCUT2D eigenvalue weighted by Gasteiger charge is -2.10. The van der Waals surface area contributed by atoms with Crippen molar-refractivity contribution in [3.63, 3.8) is 0 Å². The van der Waals surface area contributed by atoms with Gasteiger partial charge in [-0.05, 0) is 55.5 Å². The molecule has 0 unspecified atom stereocenters. The SMILES string of the molecule is COc1ccc(-c2csc(NC(=O)c3cccc(NS(=O)(=O)c4ccc(C)cc4)c3)n2)cc1OC. The van der Waals surface area contributed by atoms with E-state index in [0.717, 1.165) is 11.1 Å². The lowest BCUT2D eigenvalue weighted by atomic mass is 10.1. The Morgan fingerprint density at radius 3 is 2.40 bits per heavy atom. The molecule has 2 N–H and O–H groups in total. The molecule has 1 heterocycles. The molecule has 0 aliphatic carbocycles. The van der Waals surface area contributed by atoms with E-state index in [2.05, 4.69) is 15.0 Å². The number of carbonyl (C=O) groups is 1. The summed E-state index contributed by atoms with van der Waals surface area (Å²) in [4.78, 5) is 17.4. The van der Waals surface area contributed by atoms with E-state index in [1.54, 1.807) is 50.6 Å². The Hall–Kier alpha value is -3.89. The van der Waals surface area contributed by atoms with Gasteiger partial charge in [0.15, 0.2) is 16.6 Å². The van der Waals surface area contributed by atoms with E-state index < -0.39 is 15.9 Å². The van der Waals surface area contributed by atoms with Crippen LogP contribution in [0.3, 0.4) is 0 Å². The summed E-state index contributed by atoms with van der Waals surface area (Å²) in [6.07, 6.45) is 0. The number of carbonyl (C=O) groups excluding carboxylic acids is 1. The first kappa shape index (κ1) is 24.2. The largest absolute Gasteiger partial charge is 0.493 e. The van der Waals surface area contributed by atoms with Gasteiger partial charge in [-0.1, -0.05) is 23.8 Å². The lowest BCUT2D eigenvalue weighted by molar-refractivity contribution is 0.102. The highest BCUT2D eigenvalue weighted by Gasteiger charge is 2.16. The molecule has 0 radical (unpaired) electrons. The number of methoxy groups -OCH3 is 2. The van der Waals surface area contributed by atoms with Gasteiger partial charge in [0.2, 0.25) is 0 Å². The molecular weight excluding hydrogens is 486 g/mol. The molecule has 0 fully saturated rings. The highest BCUT2D eigenvalue weighted by atomic mass is 32.2. The maximum atomic E-state index is 12.8. The Balaban J connectivity index is 1.48. The number of hydrogen-bond donors (Lipinski definition) is 2. The van der Waals surface area contributed by atoms with Gasteiger partial charge in [0.1, 0.15) is 0 Å². The summed E-state index contributed by atoms with van der Waals surface area (Å²) < 4.78 is 38.5. The van der Waals surface area contributed by atoms with Crippen LogP contribution in [-0.4, -0.2) is 33.5 Å². The minimum absolute atomic E-state index is 0.142. The first-order valence-corrected chi connectivity index (χ1v) is 12.8. The number of rotatable bonds is 8. The molecule has 0 aliphatic rings. The Kier molecular flexibility index (Phi) is 7.04. The molecule has 8 nitrogen and oxygen atoms in total. The number of thiazole rings is 1. The smallest absolute Gasteiger partial charge is 0.261 e. The summed E-state index contributed by atoms with van der Waals surface area (Å²) in [6, 6.07) is 18.2. The number of nitrogens with one attached hydrogen (secondary N) is 2. The van der Waals surface area contributed by atoms with Crippen molar-refractivity contribution in [2.24, 2.45) is 0 Å². The fraction of sp³-hybridized carbons (Fsp3) is 0.120. The normalized spacial score (nSPS) is 11.1. The van der Waals surface area contributed by atoms with Crippen LogP contribution in [0.15, 0.2) is 77.0 Å². The molecule has 1 amide bonds. The molecule has 0 saturated heterocycles. The van der Waals surface area contributed by atoms with E-state index in [1.807, 2.05) is 24.4 Å². The number of aryl methyl sites for hydroxylation is 1. The van der Waals surface area contributed by atoms with E-state index in [4.69, 9.17) is 9.47 Å². The number of anilines is 2. The number of ether oxygens (including phenoxy) is 2. The van der Waals surface area contributed by atoms with Crippen molar-refractivity contribution in [3.05, 3.63) is 83.2 Å². The van der Waals surface area contributed by atoms with Gasteiger partial charge in [-0.25, -0.2) is 13.4 Å². The Bertz CT molecular complexity index is 1460. The fourth-order valence-corrected chi connectivity index (χ4v) is 5.05. The van der Waals surface area contributed by atoms with Crippen molar-refractivity contribution in [2.75, 3.05) is 24.3 Å². The highest BCUT2D eigenvalue weighted by Crippen LogP contribution is 2.33. The average Bonchev–Trinajstić information content (AvgIpc) is 3.32. The second-order valence-corrected chi connectivity index (χ2v) is 10.1. The summed E-state index contributed by atoms with van der Waals surface area (Å²) in [5, 5.41) is 4.99. The van der Waals surface area contributed by atoms with Gasteiger partial charge in [0, 0.05) is 22.2 Å². The first-order chi connectivity index (χ1) is 16.8. The van der Waals surface area contributed by atoms with Crippen molar-refractivity contribution in [3.8, 4) is 22.8 Å². The van der Waals surface area contributed by atoms with Crippen LogP contribution < -0.4 is 19.5 Å². The van der Waals surface area contributed by atoms with E-state index in [-0.39, 0.29) is 16.1 Å². The molecule has 0 saturated carbocycles. The molecular formula is C25H23N3O5S2. The number of nitrogens with zero attached hydrogens (tertiary/aromatic N) is 1.